The van der Waals surface area contributed by atoms with E-state index in [9.17, 15) is 9.59 Å². The second-order valence-corrected chi connectivity index (χ2v) is 7.92. The smallest absolute Gasteiger partial charge is 0.313 e. The minimum atomic E-state index is -0.881. The Balaban J connectivity index is 0.000000349. The average molecular weight is 409 g/mol. The second-order valence-electron chi connectivity index (χ2n) is 5.92. The maximum Gasteiger partial charge on any atom is 0.313 e. The molecule has 1 aliphatic rings. The normalized spacial score (nSPS) is 13.2. The lowest BCUT2D eigenvalue weighted by Crippen LogP contribution is -2.35. The molecule has 8 heteroatoms. The largest absolute Gasteiger partial charge is 0.481 e. The molecule has 0 fully saturated rings. The number of aromatic nitrogens is 1. The fraction of sp³-hybridized carbons (Fsp3) is 0.222. The number of hydrogen-bond donors (Lipinski definition) is 4. The van der Waals surface area contributed by atoms with Crippen LogP contribution < -0.4 is 5.32 Å². The van der Waals surface area contributed by atoms with Crippen LogP contribution in [0.15, 0.2) is 36.4 Å². The minimum absolute atomic E-state index is 0.0488. The van der Waals surface area contributed by atoms with Crippen LogP contribution in [0.4, 0.5) is 0 Å². The van der Waals surface area contributed by atoms with Crippen LogP contribution in [0.3, 0.4) is 0 Å². The molecule has 0 unspecified atom stereocenters. The van der Waals surface area contributed by atoms with Gasteiger partial charge in [-0.3, -0.25) is 9.59 Å². The zero-order valence-corrected chi connectivity index (χ0v) is 16.1. The Bertz CT molecular complexity index is 894. The summed E-state index contributed by atoms with van der Waals surface area (Å²) in [6.45, 7) is 0. The SMILES string of the molecule is O=C(NC1Cc2ccccc2C1)c1cc2cc(Cl)sc2[nH]1.O=C(O)CS. The molecule has 2 heterocycles. The zero-order valence-electron chi connectivity index (χ0n) is 13.7. The number of carboxylic acids is 1. The van der Waals surface area contributed by atoms with Gasteiger partial charge in [0, 0.05) is 11.4 Å². The standard InChI is InChI=1S/C16H13ClN2OS.C2H4O2S/c17-14-8-11-7-13(19-16(11)21-14)15(20)18-12-5-9-3-1-2-4-10(9)6-12;3-2(4)1-5/h1-4,7-8,12,19H,5-6H2,(H,18,20);5H,1H2,(H,3,4). The maximum atomic E-state index is 12.3. The van der Waals surface area contributed by atoms with Gasteiger partial charge in [-0.15, -0.1) is 11.3 Å². The molecular weight excluding hydrogens is 392 g/mol. The highest BCUT2D eigenvalue weighted by Crippen LogP contribution is 2.29. The summed E-state index contributed by atoms with van der Waals surface area (Å²) in [6.07, 6.45) is 1.81. The Kier molecular flexibility index (Phi) is 5.90. The van der Waals surface area contributed by atoms with Gasteiger partial charge in [-0.25, -0.2) is 0 Å². The van der Waals surface area contributed by atoms with Crippen molar-refractivity contribution in [1.82, 2.24) is 10.3 Å². The van der Waals surface area contributed by atoms with Gasteiger partial charge >= 0.3 is 5.97 Å². The lowest BCUT2D eigenvalue weighted by atomic mass is 10.1. The first-order valence-electron chi connectivity index (χ1n) is 7.94. The molecule has 0 spiro atoms. The molecule has 26 heavy (non-hydrogen) atoms. The van der Waals surface area contributed by atoms with Crippen molar-refractivity contribution in [2.24, 2.45) is 0 Å². The van der Waals surface area contributed by atoms with Crippen molar-refractivity contribution in [1.29, 1.82) is 0 Å². The number of benzene rings is 1. The van der Waals surface area contributed by atoms with Crippen LogP contribution in [-0.2, 0) is 17.6 Å². The van der Waals surface area contributed by atoms with Crippen molar-refractivity contribution in [2.75, 3.05) is 5.75 Å². The number of thiol groups is 1. The highest BCUT2D eigenvalue weighted by atomic mass is 35.5. The van der Waals surface area contributed by atoms with Crippen molar-refractivity contribution >= 4 is 57.7 Å². The summed E-state index contributed by atoms with van der Waals surface area (Å²) < 4.78 is 0.731. The van der Waals surface area contributed by atoms with E-state index in [1.165, 1.54) is 22.5 Å². The molecule has 5 nitrogen and oxygen atoms in total. The Hall–Kier alpha value is -1.96. The van der Waals surface area contributed by atoms with Gasteiger partial charge in [0.25, 0.3) is 5.91 Å². The summed E-state index contributed by atoms with van der Waals surface area (Å²) >= 11 is 10.8. The molecule has 136 valence electrons. The zero-order chi connectivity index (χ0) is 18.7. The molecule has 4 rings (SSSR count). The summed E-state index contributed by atoms with van der Waals surface area (Å²) in [5.41, 5.74) is 3.27. The summed E-state index contributed by atoms with van der Waals surface area (Å²) in [4.78, 5) is 25.7. The maximum absolute atomic E-state index is 12.3. The van der Waals surface area contributed by atoms with Gasteiger partial charge in [-0.1, -0.05) is 35.9 Å². The minimum Gasteiger partial charge on any atom is -0.481 e. The van der Waals surface area contributed by atoms with Crippen LogP contribution in [0.2, 0.25) is 4.34 Å². The van der Waals surface area contributed by atoms with E-state index in [0.717, 1.165) is 27.4 Å². The summed E-state index contributed by atoms with van der Waals surface area (Å²) in [5, 5.41) is 11.7. The highest BCUT2D eigenvalue weighted by Gasteiger charge is 2.23. The molecule has 1 aliphatic carbocycles. The van der Waals surface area contributed by atoms with Crippen LogP contribution in [0.1, 0.15) is 21.6 Å². The van der Waals surface area contributed by atoms with Gasteiger partial charge in [0.15, 0.2) is 0 Å². The molecular formula is C18H17ClN2O3S2. The third kappa shape index (κ3) is 4.41. The fourth-order valence-corrected chi connectivity index (χ4v) is 4.07. The van der Waals surface area contributed by atoms with Gasteiger partial charge in [0.1, 0.15) is 10.5 Å². The number of fused-ring (bicyclic) bond motifs is 2. The second kappa shape index (κ2) is 8.16. The van der Waals surface area contributed by atoms with Crippen molar-refractivity contribution in [3.8, 4) is 0 Å². The number of thiophene rings is 1. The van der Waals surface area contributed by atoms with Crippen LogP contribution >= 0.6 is 35.6 Å². The molecule has 0 bridgehead atoms. The number of carbonyl (C=O) groups excluding carboxylic acids is 1. The van der Waals surface area contributed by atoms with Crippen molar-refractivity contribution in [3.63, 3.8) is 0 Å². The van der Waals surface area contributed by atoms with Crippen LogP contribution in [0, 0.1) is 0 Å². The average Bonchev–Trinajstić information content (AvgIpc) is 3.26. The third-order valence-corrected chi connectivity index (χ3v) is 5.51. The highest BCUT2D eigenvalue weighted by molar-refractivity contribution is 7.81. The Labute approximate surface area is 164 Å². The molecule has 3 N–H and O–H groups in total. The summed E-state index contributed by atoms with van der Waals surface area (Å²) in [5.74, 6) is -1.01. The topological polar surface area (TPSA) is 82.2 Å². The number of amides is 1. The van der Waals surface area contributed by atoms with Gasteiger partial charge in [0.05, 0.1) is 10.1 Å². The van der Waals surface area contributed by atoms with E-state index in [0.29, 0.717) is 5.69 Å². The van der Waals surface area contributed by atoms with Gasteiger partial charge in [-0.05, 0) is 36.1 Å². The summed E-state index contributed by atoms with van der Waals surface area (Å²) in [6, 6.07) is 12.3. The molecule has 0 radical (unpaired) electrons. The molecule has 0 atom stereocenters. The van der Waals surface area contributed by atoms with Gasteiger partial charge in [0.2, 0.25) is 0 Å². The molecule has 3 aromatic rings. The van der Waals surface area contributed by atoms with Crippen LogP contribution in [0.25, 0.3) is 10.2 Å². The van der Waals surface area contributed by atoms with E-state index in [1.807, 2.05) is 24.3 Å². The molecule has 0 aliphatic heterocycles. The van der Waals surface area contributed by atoms with Crippen molar-refractivity contribution in [2.45, 2.75) is 18.9 Å². The van der Waals surface area contributed by atoms with E-state index in [-0.39, 0.29) is 17.7 Å². The van der Waals surface area contributed by atoms with Crippen LogP contribution in [0.5, 0.6) is 0 Å². The van der Waals surface area contributed by atoms with E-state index < -0.39 is 5.97 Å². The predicted molar refractivity (Wildman–Crippen MR) is 108 cm³/mol. The van der Waals surface area contributed by atoms with E-state index >= 15 is 0 Å². The monoisotopic (exact) mass is 408 g/mol. The predicted octanol–water partition coefficient (Wildman–Crippen LogP) is 3.78. The number of hydrogen-bond acceptors (Lipinski definition) is 4. The number of carbonyl (C=O) groups is 2. The van der Waals surface area contributed by atoms with Crippen molar-refractivity contribution < 1.29 is 14.7 Å². The fourth-order valence-electron chi connectivity index (χ4n) is 2.94. The number of aromatic amines is 1. The van der Waals surface area contributed by atoms with Crippen molar-refractivity contribution in [3.05, 3.63) is 57.6 Å². The van der Waals surface area contributed by atoms with E-state index in [2.05, 4.69) is 35.1 Å². The number of H-pyrrole nitrogens is 1. The third-order valence-electron chi connectivity index (χ3n) is 4.04. The first kappa shape index (κ1) is 18.8. The number of carboxylic acid groups (broad SMARTS) is 1. The number of aliphatic carboxylic acids is 1. The number of halogens is 1. The van der Waals surface area contributed by atoms with Gasteiger partial charge in [-0.2, -0.15) is 12.6 Å². The molecule has 2 aromatic heterocycles. The van der Waals surface area contributed by atoms with Crippen LogP contribution in [-0.4, -0.2) is 33.8 Å². The Morgan fingerprint density at radius 1 is 1.27 bits per heavy atom. The summed E-state index contributed by atoms with van der Waals surface area (Å²) in [7, 11) is 0. The van der Waals surface area contributed by atoms with E-state index in [1.54, 1.807) is 0 Å². The first-order valence-corrected chi connectivity index (χ1v) is 9.77. The molecule has 1 aromatic carbocycles. The quantitative estimate of drug-likeness (QED) is 0.498. The Morgan fingerprint density at radius 3 is 2.42 bits per heavy atom. The lowest BCUT2D eigenvalue weighted by Gasteiger charge is -2.10. The number of rotatable bonds is 3. The number of nitrogens with one attached hydrogen (secondary N) is 2. The lowest BCUT2D eigenvalue weighted by molar-refractivity contribution is -0.133. The molecule has 0 saturated heterocycles. The van der Waals surface area contributed by atoms with Gasteiger partial charge < -0.3 is 15.4 Å². The molecule has 1 amide bonds. The first-order chi connectivity index (χ1) is 12.5. The van der Waals surface area contributed by atoms with E-state index in [4.69, 9.17) is 16.7 Å². The Morgan fingerprint density at radius 2 is 1.88 bits per heavy atom. The molecule has 0 saturated carbocycles.